The average Bonchev–Trinajstić information content (AvgIpc) is 3.49. The Kier molecular flexibility index (Phi) is 7.64. The van der Waals surface area contributed by atoms with E-state index in [9.17, 15) is 14.7 Å². The van der Waals surface area contributed by atoms with Gasteiger partial charge in [0, 0.05) is 24.6 Å². The number of carbonyl (C=O) groups is 2. The third-order valence-electron chi connectivity index (χ3n) is 5.82. The fraction of sp³-hybridized carbons (Fsp3) is 0.385. The number of carbonyl (C=O) groups excluding carboxylic acids is 1. The zero-order valence-electron chi connectivity index (χ0n) is 19.8. The van der Waals surface area contributed by atoms with Crippen LogP contribution in [-0.2, 0) is 16.1 Å². The van der Waals surface area contributed by atoms with Crippen molar-refractivity contribution in [1.29, 1.82) is 0 Å². The number of aromatic nitrogens is 2. The van der Waals surface area contributed by atoms with E-state index in [1.165, 1.54) is 0 Å². The van der Waals surface area contributed by atoms with E-state index in [-0.39, 0.29) is 30.8 Å². The van der Waals surface area contributed by atoms with Crippen molar-refractivity contribution in [3.63, 3.8) is 0 Å². The van der Waals surface area contributed by atoms with Gasteiger partial charge in [0.25, 0.3) is 5.89 Å². The first kappa shape index (κ1) is 24.3. The Labute approximate surface area is 203 Å². The zero-order chi connectivity index (χ0) is 24.8. The van der Waals surface area contributed by atoms with Crippen molar-refractivity contribution in [3.8, 4) is 17.1 Å². The first-order valence-corrected chi connectivity index (χ1v) is 11.6. The lowest BCUT2D eigenvalue weighted by Crippen LogP contribution is -2.30. The summed E-state index contributed by atoms with van der Waals surface area (Å²) in [5.74, 6) is 0.395. The van der Waals surface area contributed by atoms with Crippen LogP contribution in [0.5, 0.6) is 5.75 Å². The average molecular weight is 480 g/mol. The second-order valence-corrected chi connectivity index (χ2v) is 9.08. The van der Waals surface area contributed by atoms with Gasteiger partial charge in [0.2, 0.25) is 5.82 Å². The molecule has 4 rings (SSSR count). The molecule has 184 valence electrons. The minimum absolute atomic E-state index is 0.0338. The summed E-state index contributed by atoms with van der Waals surface area (Å²) in [7, 11) is 0. The molecule has 0 bridgehead atoms. The summed E-state index contributed by atoms with van der Waals surface area (Å²) in [4.78, 5) is 29.9. The first-order chi connectivity index (χ1) is 16.9. The molecule has 0 unspecified atom stereocenters. The fourth-order valence-corrected chi connectivity index (χ4v) is 4.16. The van der Waals surface area contributed by atoms with Gasteiger partial charge in [-0.25, -0.2) is 4.79 Å². The van der Waals surface area contributed by atoms with Crippen LogP contribution in [-0.4, -0.2) is 51.9 Å². The van der Waals surface area contributed by atoms with Crippen LogP contribution in [0.15, 0.2) is 59.1 Å². The topological polar surface area (TPSA) is 115 Å². The van der Waals surface area contributed by atoms with Gasteiger partial charge in [-0.3, -0.25) is 4.79 Å². The van der Waals surface area contributed by atoms with Crippen molar-refractivity contribution in [2.45, 2.75) is 32.8 Å². The molecule has 35 heavy (non-hydrogen) atoms. The van der Waals surface area contributed by atoms with Crippen LogP contribution in [0.4, 0.5) is 4.79 Å². The van der Waals surface area contributed by atoms with E-state index in [1.807, 2.05) is 68.4 Å². The minimum atomic E-state index is -0.893. The molecule has 1 aromatic heterocycles. The van der Waals surface area contributed by atoms with Gasteiger partial charge in [0.05, 0.1) is 13.0 Å². The molecule has 1 fully saturated rings. The number of nitrogens with zero attached hydrogens (tertiary/aromatic N) is 3. The Morgan fingerprint density at radius 1 is 1.14 bits per heavy atom. The van der Waals surface area contributed by atoms with Crippen molar-refractivity contribution in [2.24, 2.45) is 11.8 Å². The quantitative estimate of drug-likeness (QED) is 0.474. The molecule has 0 aliphatic carbocycles. The van der Waals surface area contributed by atoms with Gasteiger partial charge >= 0.3 is 12.1 Å². The maximum Gasteiger partial charge on any atom is 0.409 e. The highest BCUT2D eigenvalue weighted by atomic mass is 16.6. The summed E-state index contributed by atoms with van der Waals surface area (Å²) in [6, 6.07) is 17.0. The molecule has 2 atom stereocenters. The molecule has 1 amide bonds. The predicted molar refractivity (Wildman–Crippen MR) is 127 cm³/mol. The number of hydrogen-bond donors (Lipinski definition) is 1. The number of carboxylic acid groups (broad SMARTS) is 1. The van der Waals surface area contributed by atoms with Crippen molar-refractivity contribution >= 4 is 12.1 Å². The van der Waals surface area contributed by atoms with Crippen LogP contribution in [0.25, 0.3) is 11.4 Å². The second kappa shape index (κ2) is 11.0. The van der Waals surface area contributed by atoms with Gasteiger partial charge in [-0.1, -0.05) is 61.5 Å². The van der Waals surface area contributed by atoms with Crippen molar-refractivity contribution in [2.75, 3.05) is 19.7 Å². The molecule has 2 heterocycles. The summed E-state index contributed by atoms with van der Waals surface area (Å²) in [6.45, 7) is 5.09. The molecule has 9 heteroatoms. The molecule has 0 radical (unpaired) electrons. The Hall–Kier alpha value is -3.88. The molecule has 0 saturated carbocycles. The monoisotopic (exact) mass is 479 g/mol. The smallest absolute Gasteiger partial charge is 0.409 e. The maximum absolute atomic E-state index is 12.5. The third kappa shape index (κ3) is 6.38. The number of aliphatic carboxylic acids is 1. The normalized spacial score (nSPS) is 17.5. The van der Waals surface area contributed by atoms with Gasteiger partial charge in [-0.05, 0) is 29.5 Å². The number of benzene rings is 2. The van der Waals surface area contributed by atoms with Gasteiger partial charge in [0.1, 0.15) is 5.75 Å². The molecular weight excluding hydrogens is 450 g/mol. The molecule has 1 aliphatic heterocycles. The van der Waals surface area contributed by atoms with Crippen LogP contribution in [0.2, 0.25) is 0 Å². The molecule has 1 aliphatic rings. The van der Waals surface area contributed by atoms with Crippen LogP contribution < -0.4 is 4.74 Å². The molecule has 9 nitrogen and oxygen atoms in total. The lowest BCUT2D eigenvalue weighted by atomic mass is 9.87. The SMILES string of the molecule is CC(C)COC(=O)N1C[C@H](CC(=O)O)[C@H](c2cccc(OCc3nc(-c4ccccc4)no3)c2)C1. The Morgan fingerprint density at radius 2 is 1.94 bits per heavy atom. The van der Waals surface area contributed by atoms with Crippen LogP contribution in [0.1, 0.15) is 37.6 Å². The summed E-state index contributed by atoms with van der Waals surface area (Å²) in [5, 5.41) is 13.4. The third-order valence-corrected chi connectivity index (χ3v) is 5.82. The number of carboxylic acids is 1. The molecule has 2 aromatic carbocycles. The Morgan fingerprint density at radius 3 is 2.69 bits per heavy atom. The fourth-order valence-electron chi connectivity index (χ4n) is 4.16. The second-order valence-electron chi connectivity index (χ2n) is 9.08. The van der Waals surface area contributed by atoms with E-state index in [2.05, 4.69) is 10.1 Å². The number of hydrogen-bond acceptors (Lipinski definition) is 7. The highest BCUT2D eigenvalue weighted by molar-refractivity contribution is 5.70. The van der Waals surface area contributed by atoms with Crippen molar-refractivity contribution in [1.82, 2.24) is 15.0 Å². The molecular formula is C26H29N3O6. The largest absolute Gasteiger partial charge is 0.484 e. The highest BCUT2D eigenvalue weighted by Crippen LogP contribution is 2.36. The van der Waals surface area contributed by atoms with Gasteiger partial charge < -0.3 is 24.0 Å². The number of amides is 1. The molecule has 1 saturated heterocycles. The molecule has 1 N–H and O–H groups in total. The first-order valence-electron chi connectivity index (χ1n) is 11.6. The predicted octanol–water partition coefficient (Wildman–Crippen LogP) is 4.60. The Balaban J connectivity index is 1.43. The van der Waals surface area contributed by atoms with Crippen LogP contribution in [0.3, 0.4) is 0 Å². The van der Waals surface area contributed by atoms with Gasteiger partial charge in [0.15, 0.2) is 6.61 Å². The van der Waals surface area contributed by atoms with E-state index >= 15 is 0 Å². The number of likely N-dealkylation sites (tertiary alicyclic amines) is 1. The van der Waals surface area contributed by atoms with Gasteiger partial charge in [-0.2, -0.15) is 4.98 Å². The van der Waals surface area contributed by atoms with E-state index in [1.54, 1.807) is 4.90 Å². The van der Waals surface area contributed by atoms with E-state index < -0.39 is 12.1 Å². The van der Waals surface area contributed by atoms with Crippen molar-refractivity contribution < 1.29 is 28.7 Å². The maximum atomic E-state index is 12.5. The lowest BCUT2D eigenvalue weighted by Gasteiger charge is -2.18. The summed E-state index contributed by atoms with van der Waals surface area (Å²) >= 11 is 0. The summed E-state index contributed by atoms with van der Waals surface area (Å²) in [6.07, 6.45) is -0.442. The zero-order valence-corrected chi connectivity index (χ0v) is 19.8. The minimum Gasteiger partial charge on any atom is -0.484 e. The summed E-state index contributed by atoms with van der Waals surface area (Å²) < 4.78 is 16.5. The van der Waals surface area contributed by atoms with Crippen LogP contribution >= 0.6 is 0 Å². The number of rotatable bonds is 9. The Bertz CT molecular complexity index is 1150. The van der Waals surface area contributed by atoms with E-state index in [0.29, 0.717) is 37.2 Å². The standard InChI is InChI=1S/C26H29N3O6/c1-17(2)15-34-26(32)29-13-20(12-24(30)31)22(14-29)19-9-6-10-21(11-19)33-16-23-27-25(28-35-23)18-7-4-3-5-8-18/h3-11,17,20,22H,12-16H2,1-2H3,(H,30,31)/t20-,22-/m0/s1. The molecule has 3 aromatic rings. The number of ether oxygens (including phenoxy) is 2. The lowest BCUT2D eigenvalue weighted by molar-refractivity contribution is -0.138. The van der Waals surface area contributed by atoms with E-state index in [4.69, 9.17) is 14.0 Å². The van der Waals surface area contributed by atoms with Crippen molar-refractivity contribution in [3.05, 3.63) is 66.1 Å². The van der Waals surface area contributed by atoms with E-state index in [0.717, 1.165) is 11.1 Å². The van der Waals surface area contributed by atoms with Crippen LogP contribution in [0, 0.1) is 11.8 Å². The molecule has 0 spiro atoms. The summed E-state index contributed by atoms with van der Waals surface area (Å²) in [5.41, 5.74) is 1.76. The van der Waals surface area contributed by atoms with Gasteiger partial charge in [-0.15, -0.1) is 0 Å². The highest BCUT2D eigenvalue weighted by Gasteiger charge is 2.38.